The number of amides is 2. The van der Waals surface area contributed by atoms with E-state index in [9.17, 15) is 14.7 Å². The Bertz CT molecular complexity index is 1150. The predicted molar refractivity (Wildman–Crippen MR) is 165 cm³/mol. The number of aliphatic hydroxyl groups excluding tert-OH is 1. The summed E-state index contributed by atoms with van der Waals surface area (Å²) in [5.74, 6) is -0.461. The molecule has 6 nitrogen and oxygen atoms in total. The number of hydrogen-bond acceptors (Lipinski definition) is 4. The fourth-order valence-corrected chi connectivity index (χ4v) is 6.86. The summed E-state index contributed by atoms with van der Waals surface area (Å²) in [6, 6.07) is 28.9. The molecule has 3 aromatic carbocycles. The standard InChI is InChI=1S/C33H43N2O4P/c1-6-24(2)30(35-32(38)39-33(3,4)5)31(37)34-28(22-25-16-10-7-11-17-25)29(36)23-40(26-18-12-8-13-19-26)27-20-14-9-15-21-27/h7-21,24,28-30,36H,6,22-23H2,1-5H3,(H,34,37)(H,35,38)/t24-,28-,29+,30-/m0/s1. The van der Waals surface area contributed by atoms with Gasteiger partial charge in [0.15, 0.2) is 0 Å². The van der Waals surface area contributed by atoms with Gasteiger partial charge in [0.2, 0.25) is 5.91 Å². The van der Waals surface area contributed by atoms with Gasteiger partial charge in [0.05, 0.1) is 12.1 Å². The molecule has 3 N–H and O–H groups in total. The van der Waals surface area contributed by atoms with Crippen LogP contribution in [0, 0.1) is 5.92 Å². The zero-order valence-electron chi connectivity index (χ0n) is 24.2. The number of nitrogens with one attached hydrogen (secondary N) is 2. The fraction of sp³-hybridized carbons (Fsp3) is 0.394. The smallest absolute Gasteiger partial charge is 0.408 e. The summed E-state index contributed by atoms with van der Waals surface area (Å²) in [4.78, 5) is 26.3. The van der Waals surface area contributed by atoms with Gasteiger partial charge in [0.25, 0.3) is 0 Å². The fourth-order valence-electron chi connectivity index (χ4n) is 4.45. The van der Waals surface area contributed by atoms with Crippen LogP contribution in [0.25, 0.3) is 0 Å². The van der Waals surface area contributed by atoms with Crippen LogP contribution in [0.5, 0.6) is 0 Å². The number of ether oxygens (including phenoxy) is 1. The maximum atomic E-state index is 13.7. The summed E-state index contributed by atoms with van der Waals surface area (Å²) in [7, 11) is -0.874. The Morgan fingerprint density at radius 1 is 0.850 bits per heavy atom. The second-order valence-corrected chi connectivity index (χ2v) is 13.4. The molecule has 214 valence electrons. The van der Waals surface area contributed by atoms with Crippen molar-refractivity contribution in [2.45, 2.75) is 71.2 Å². The van der Waals surface area contributed by atoms with Gasteiger partial charge < -0.3 is 20.5 Å². The lowest BCUT2D eigenvalue weighted by Crippen LogP contribution is -2.56. The van der Waals surface area contributed by atoms with E-state index in [0.717, 1.165) is 16.2 Å². The third kappa shape index (κ3) is 9.76. The minimum atomic E-state index is -0.874. The Hall–Kier alpha value is -3.21. The maximum absolute atomic E-state index is 13.7. The van der Waals surface area contributed by atoms with E-state index in [1.54, 1.807) is 20.8 Å². The molecule has 0 aliphatic heterocycles. The zero-order chi connectivity index (χ0) is 29.1. The lowest BCUT2D eigenvalue weighted by atomic mass is 9.96. The number of carbonyl (C=O) groups excluding carboxylic acids is 2. The average molecular weight is 563 g/mol. The van der Waals surface area contributed by atoms with Gasteiger partial charge in [0, 0.05) is 6.16 Å². The van der Waals surface area contributed by atoms with E-state index < -0.39 is 37.8 Å². The van der Waals surface area contributed by atoms with Crippen LogP contribution in [0.2, 0.25) is 0 Å². The molecule has 0 saturated heterocycles. The number of hydrogen-bond donors (Lipinski definition) is 3. The molecular formula is C33H43N2O4P. The Kier molecular flexibility index (Phi) is 11.7. The number of alkyl carbamates (subject to hydrolysis) is 1. The van der Waals surface area contributed by atoms with Crippen molar-refractivity contribution in [3.05, 3.63) is 96.6 Å². The summed E-state index contributed by atoms with van der Waals surface area (Å²) in [6.07, 6.45) is 0.168. The van der Waals surface area contributed by atoms with Crippen LogP contribution in [0.1, 0.15) is 46.6 Å². The lowest BCUT2D eigenvalue weighted by molar-refractivity contribution is -0.125. The summed E-state index contributed by atoms with van der Waals surface area (Å²) in [5.41, 5.74) is 0.328. The second-order valence-electron chi connectivity index (χ2n) is 11.2. The van der Waals surface area contributed by atoms with Gasteiger partial charge in [-0.05, 0) is 57.2 Å². The molecule has 7 heteroatoms. The molecule has 0 aliphatic carbocycles. The van der Waals surface area contributed by atoms with Crippen molar-refractivity contribution in [1.82, 2.24) is 10.6 Å². The molecule has 0 radical (unpaired) electrons. The molecule has 40 heavy (non-hydrogen) atoms. The predicted octanol–water partition coefficient (Wildman–Crippen LogP) is 5.15. The molecule has 0 aliphatic rings. The van der Waals surface area contributed by atoms with Crippen molar-refractivity contribution in [3.8, 4) is 0 Å². The lowest BCUT2D eigenvalue weighted by Gasteiger charge is -2.31. The van der Waals surface area contributed by atoms with Crippen LogP contribution < -0.4 is 21.2 Å². The summed E-state index contributed by atoms with van der Waals surface area (Å²) in [6.45, 7) is 9.26. The first-order valence-electron chi connectivity index (χ1n) is 14.0. The number of rotatable bonds is 12. The molecule has 2 amide bonds. The van der Waals surface area contributed by atoms with E-state index in [2.05, 4.69) is 34.9 Å². The Balaban J connectivity index is 1.87. The van der Waals surface area contributed by atoms with E-state index in [0.29, 0.717) is 19.0 Å². The molecule has 3 aromatic rings. The van der Waals surface area contributed by atoms with Crippen molar-refractivity contribution in [2.75, 3.05) is 6.16 Å². The number of carbonyl (C=O) groups is 2. The first-order chi connectivity index (χ1) is 19.1. The van der Waals surface area contributed by atoms with Crippen LogP contribution in [-0.2, 0) is 16.0 Å². The molecule has 4 atom stereocenters. The van der Waals surface area contributed by atoms with Crippen molar-refractivity contribution in [1.29, 1.82) is 0 Å². The summed E-state index contributed by atoms with van der Waals surface area (Å²) >= 11 is 0. The summed E-state index contributed by atoms with van der Waals surface area (Å²) in [5, 5.41) is 19.9. The quantitative estimate of drug-likeness (QED) is 0.267. The van der Waals surface area contributed by atoms with Crippen molar-refractivity contribution in [3.63, 3.8) is 0 Å². The van der Waals surface area contributed by atoms with Gasteiger partial charge in [-0.15, -0.1) is 0 Å². The summed E-state index contributed by atoms with van der Waals surface area (Å²) < 4.78 is 5.43. The minimum Gasteiger partial charge on any atom is -0.444 e. The molecular weight excluding hydrogens is 519 g/mol. The highest BCUT2D eigenvalue weighted by Gasteiger charge is 2.32. The molecule has 0 aromatic heterocycles. The molecule has 0 heterocycles. The van der Waals surface area contributed by atoms with E-state index in [-0.39, 0.29) is 11.8 Å². The van der Waals surface area contributed by atoms with E-state index >= 15 is 0 Å². The molecule has 3 rings (SSSR count). The second kappa shape index (κ2) is 15.0. The highest BCUT2D eigenvalue weighted by atomic mass is 31.1. The molecule has 0 fully saturated rings. The Morgan fingerprint density at radius 2 is 1.35 bits per heavy atom. The molecule has 0 unspecified atom stereocenters. The number of aliphatic hydroxyl groups is 1. The zero-order valence-corrected chi connectivity index (χ0v) is 25.1. The van der Waals surface area contributed by atoms with Crippen LogP contribution >= 0.6 is 7.92 Å². The van der Waals surface area contributed by atoms with Gasteiger partial charge in [-0.2, -0.15) is 0 Å². The highest BCUT2D eigenvalue weighted by molar-refractivity contribution is 7.73. The number of benzene rings is 3. The Morgan fingerprint density at radius 3 is 1.82 bits per heavy atom. The van der Waals surface area contributed by atoms with Crippen LogP contribution in [0.3, 0.4) is 0 Å². The van der Waals surface area contributed by atoms with Crippen LogP contribution in [0.4, 0.5) is 4.79 Å². The van der Waals surface area contributed by atoms with Gasteiger partial charge in [-0.25, -0.2) is 4.79 Å². The SMILES string of the molecule is CC[C@H](C)[C@H](NC(=O)OC(C)(C)C)C(=O)N[C@@H](Cc1ccccc1)[C@H](O)CP(c1ccccc1)c1ccccc1. The van der Waals surface area contributed by atoms with Crippen molar-refractivity contribution >= 4 is 30.5 Å². The van der Waals surface area contributed by atoms with Gasteiger partial charge in [-0.1, -0.05) is 111 Å². The minimum absolute atomic E-state index is 0.132. The molecule has 0 spiro atoms. The van der Waals surface area contributed by atoms with E-state index in [4.69, 9.17) is 4.74 Å². The van der Waals surface area contributed by atoms with Crippen LogP contribution in [-0.4, -0.2) is 47.1 Å². The first-order valence-corrected chi connectivity index (χ1v) is 15.5. The normalized spacial score (nSPS) is 14.6. The van der Waals surface area contributed by atoms with E-state index in [1.165, 1.54) is 0 Å². The highest BCUT2D eigenvalue weighted by Crippen LogP contribution is 2.35. The topological polar surface area (TPSA) is 87.7 Å². The van der Waals surface area contributed by atoms with Gasteiger partial charge in [0.1, 0.15) is 11.6 Å². The third-order valence-electron chi connectivity index (χ3n) is 6.76. The monoisotopic (exact) mass is 562 g/mol. The van der Waals surface area contributed by atoms with Crippen LogP contribution in [0.15, 0.2) is 91.0 Å². The first kappa shape index (κ1) is 31.3. The van der Waals surface area contributed by atoms with E-state index in [1.807, 2.05) is 80.6 Å². The third-order valence-corrected chi connectivity index (χ3v) is 9.35. The average Bonchev–Trinajstić information content (AvgIpc) is 2.94. The van der Waals surface area contributed by atoms with Gasteiger partial charge in [-0.3, -0.25) is 4.79 Å². The van der Waals surface area contributed by atoms with Crippen molar-refractivity contribution < 1.29 is 19.4 Å². The Labute approximate surface area is 240 Å². The molecule has 0 bridgehead atoms. The van der Waals surface area contributed by atoms with Crippen molar-refractivity contribution in [2.24, 2.45) is 5.92 Å². The van der Waals surface area contributed by atoms with Gasteiger partial charge >= 0.3 is 6.09 Å². The largest absolute Gasteiger partial charge is 0.444 e. The molecule has 0 saturated carbocycles. The maximum Gasteiger partial charge on any atom is 0.408 e.